The number of aromatic nitrogens is 3. The van der Waals surface area contributed by atoms with Gasteiger partial charge in [-0.1, -0.05) is 152 Å². The van der Waals surface area contributed by atoms with Crippen molar-refractivity contribution in [2.75, 3.05) is 0 Å². The Morgan fingerprint density at radius 3 is 1.84 bits per heavy atom. The molecule has 0 bridgehead atoms. The maximum Gasteiger partial charge on any atom is 0.160 e. The molecule has 12 rings (SSSR count). The molecule has 0 saturated carbocycles. The first-order chi connectivity index (χ1) is 28.7. The molecule has 0 unspecified atom stereocenters. The van der Waals surface area contributed by atoms with Crippen molar-refractivity contribution in [2.45, 2.75) is 0 Å². The highest BCUT2D eigenvalue weighted by Crippen LogP contribution is 2.44. The minimum atomic E-state index is 0.701. The van der Waals surface area contributed by atoms with Crippen LogP contribution >= 0.6 is 11.3 Å². The van der Waals surface area contributed by atoms with E-state index in [2.05, 4.69) is 152 Å². The summed E-state index contributed by atoms with van der Waals surface area (Å²) < 4.78 is 9.17. The zero-order valence-corrected chi connectivity index (χ0v) is 31.9. The molecule has 4 nitrogen and oxygen atoms in total. The molecule has 4 aromatic heterocycles. The van der Waals surface area contributed by atoms with Gasteiger partial charge in [0.25, 0.3) is 0 Å². The van der Waals surface area contributed by atoms with E-state index >= 15 is 0 Å². The smallest absolute Gasteiger partial charge is 0.160 e. The zero-order valence-electron chi connectivity index (χ0n) is 31.1. The molecule has 8 aromatic carbocycles. The Kier molecular flexibility index (Phi) is 7.37. The lowest BCUT2D eigenvalue weighted by atomic mass is 9.92. The molecule has 0 N–H and O–H groups in total. The number of thiophene rings is 1. The molecular formula is C53H31N3OS. The summed E-state index contributed by atoms with van der Waals surface area (Å²) >= 11 is 1.82. The van der Waals surface area contributed by atoms with Crippen LogP contribution in [-0.2, 0) is 0 Å². The van der Waals surface area contributed by atoms with Crippen LogP contribution < -0.4 is 0 Å². The molecule has 0 atom stereocenters. The number of pyridine rings is 1. The van der Waals surface area contributed by atoms with Crippen LogP contribution in [0.4, 0.5) is 0 Å². The second-order valence-electron chi connectivity index (χ2n) is 14.7. The first-order valence-electron chi connectivity index (χ1n) is 19.4. The van der Waals surface area contributed by atoms with Gasteiger partial charge in [-0.05, 0) is 58.3 Å². The van der Waals surface area contributed by atoms with Crippen LogP contribution in [0.5, 0.6) is 0 Å². The number of fused-ring (bicyclic) bond motifs is 9. The minimum Gasteiger partial charge on any atom is -0.455 e. The first kappa shape index (κ1) is 32.7. The Morgan fingerprint density at radius 1 is 0.397 bits per heavy atom. The van der Waals surface area contributed by atoms with Crippen LogP contribution in [0.1, 0.15) is 0 Å². The first-order valence-corrected chi connectivity index (χ1v) is 20.2. The molecule has 270 valence electrons. The summed E-state index contributed by atoms with van der Waals surface area (Å²) in [6.07, 6.45) is 0. The van der Waals surface area contributed by atoms with Crippen LogP contribution in [0.2, 0.25) is 0 Å². The van der Waals surface area contributed by atoms with Gasteiger partial charge in [0.05, 0.1) is 28.0 Å². The average Bonchev–Trinajstić information content (AvgIpc) is 3.88. The van der Waals surface area contributed by atoms with E-state index in [9.17, 15) is 0 Å². The quantitative estimate of drug-likeness (QED) is 0.175. The van der Waals surface area contributed by atoms with Crippen molar-refractivity contribution in [3.63, 3.8) is 0 Å². The van der Waals surface area contributed by atoms with E-state index in [0.717, 1.165) is 94.1 Å². The Bertz CT molecular complexity index is 3570. The summed E-state index contributed by atoms with van der Waals surface area (Å²) in [6.45, 7) is 0. The third-order valence-electron chi connectivity index (χ3n) is 11.3. The summed E-state index contributed by atoms with van der Waals surface area (Å²) in [5.41, 5.74) is 11.8. The van der Waals surface area contributed by atoms with Crippen molar-refractivity contribution in [3.05, 3.63) is 188 Å². The van der Waals surface area contributed by atoms with E-state index < -0.39 is 0 Å². The van der Waals surface area contributed by atoms with Crippen molar-refractivity contribution < 1.29 is 4.42 Å². The molecular weight excluding hydrogens is 727 g/mol. The van der Waals surface area contributed by atoms with Crippen LogP contribution in [0.3, 0.4) is 0 Å². The summed E-state index contributed by atoms with van der Waals surface area (Å²) in [5, 5.41) is 7.86. The molecule has 4 heterocycles. The Balaban J connectivity index is 1.06. The van der Waals surface area contributed by atoms with Gasteiger partial charge in [-0.25, -0.2) is 15.0 Å². The number of para-hydroxylation sites is 1. The monoisotopic (exact) mass is 757 g/mol. The predicted molar refractivity (Wildman–Crippen MR) is 242 cm³/mol. The molecule has 12 aromatic rings. The Morgan fingerprint density at radius 2 is 1.03 bits per heavy atom. The predicted octanol–water partition coefficient (Wildman–Crippen LogP) is 14.8. The third kappa shape index (κ3) is 5.18. The van der Waals surface area contributed by atoms with E-state index in [1.54, 1.807) is 0 Å². The topological polar surface area (TPSA) is 51.8 Å². The van der Waals surface area contributed by atoms with Crippen LogP contribution in [0.25, 0.3) is 120 Å². The van der Waals surface area contributed by atoms with E-state index in [1.165, 1.54) is 20.2 Å². The summed E-state index contributed by atoms with van der Waals surface area (Å²) in [7, 11) is 0. The number of benzene rings is 8. The van der Waals surface area contributed by atoms with Gasteiger partial charge in [0.2, 0.25) is 0 Å². The van der Waals surface area contributed by atoms with Gasteiger partial charge in [-0.2, -0.15) is 0 Å². The highest BCUT2D eigenvalue weighted by atomic mass is 32.1. The Labute approximate surface area is 337 Å². The molecule has 0 amide bonds. The van der Waals surface area contributed by atoms with Gasteiger partial charge in [0.15, 0.2) is 5.82 Å². The molecule has 0 saturated heterocycles. The number of nitrogens with zero attached hydrogens (tertiary/aromatic N) is 3. The second kappa shape index (κ2) is 13.1. The SMILES string of the molecule is c1ccc(-c2nc(-c3ccc(-c4ccc5oc6c7ccccc7nc(-c7ccccc7)c6c5c4)c4ccccc34)cc(-c3cccc4c3sc3ccccc34)n2)cc1. The molecule has 0 fully saturated rings. The molecule has 0 aliphatic heterocycles. The number of hydrogen-bond acceptors (Lipinski definition) is 5. The fourth-order valence-electron chi connectivity index (χ4n) is 8.60. The van der Waals surface area contributed by atoms with Crippen molar-refractivity contribution in [3.8, 4) is 56.3 Å². The summed E-state index contributed by atoms with van der Waals surface area (Å²) in [6, 6.07) is 66.0. The van der Waals surface area contributed by atoms with E-state index in [0.29, 0.717) is 5.82 Å². The maximum atomic E-state index is 6.67. The maximum absolute atomic E-state index is 6.67. The van der Waals surface area contributed by atoms with Gasteiger partial charge in [0, 0.05) is 53.2 Å². The highest BCUT2D eigenvalue weighted by Gasteiger charge is 2.20. The van der Waals surface area contributed by atoms with Crippen LogP contribution in [-0.4, -0.2) is 15.0 Å². The average molecular weight is 758 g/mol. The van der Waals surface area contributed by atoms with Crippen molar-refractivity contribution >= 4 is 75.1 Å². The standard InChI is InChI=1S/C53H31N3OS/c1-3-14-32(15-4-1)50-49-43-30-34(26-29-47(43)57-51(49)41-21-9-11-24-44(41)54-50)35-27-28-38(37-19-8-7-18-36(35)37)45-31-46(56-53(55-45)33-16-5-2-6-17-33)42-23-13-22-40-39-20-10-12-25-48(39)58-52(40)42/h1-31H. The van der Waals surface area contributed by atoms with E-state index in [1.807, 2.05) is 47.7 Å². The van der Waals surface area contributed by atoms with Gasteiger partial charge < -0.3 is 4.42 Å². The highest BCUT2D eigenvalue weighted by molar-refractivity contribution is 7.26. The largest absolute Gasteiger partial charge is 0.455 e. The third-order valence-corrected chi connectivity index (χ3v) is 12.5. The second-order valence-corrected chi connectivity index (χ2v) is 15.7. The summed E-state index contributed by atoms with van der Waals surface area (Å²) in [4.78, 5) is 15.7. The molecule has 0 aliphatic rings. The fraction of sp³-hybridized carbons (Fsp3) is 0. The normalized spacial score (nSPS) is 11.8. The Hall–Kier alpha value is -7.47. The van der Waals surface area contributed by atoms with E-state index in [-0.39, 0.29) is 0 Å². The zero-order chi connectivity index (χ0) is 38.2. The van der Waals surface area contributed by atoms with Gasteiger partial charge in [0.1, 0.15) is 11.2 Å². The minimum absolute atomic E-state index is 0.701. The molecule has 5 heteroatoms. The summed E-state index contributed by atoms with van der Waals surface area (Å²) in [5.74, 6) is 0.701. The van der Waals surface area contributed by atoms with Gasteiger partial charge >= 0.3 is 0 Å². The lowest BCUT2D eigenvalue weighted by molar-refractivity contribution is 0.672. The molecule has 0 radical (unpaired) electrons. The fourth-order valence-corrected chi connectivity index (χ4v) is 9.82. The number of rotatable bonds is 5. The molecule has 0 aliphatic carbocycles. The molecule has 58 heavy (non-hydrogen) atoms. The van der Waals surface area contributed by atoms with Crippen molar-refractivity contribution in [1.82, 2.24) is 15.0 Å². The van der Waals surface area contributed by atoms with Crippen LogP contribution in [0.15, 0.2) is 192 Å². The van der Waals surface area contributed by atoms with Gasteiger partial charge in [-0.3, -0.25) is 0 Å². The van der Waals surface area contributed by atoms with Crippen LogP contribution in [0, 0.1) is 0 Å². The molecule has 0 spiro atoms. The van der Waals surface area contributed by atoms with Gasteiger partial charge in [-0.15, -0.1) is 11.3 Å². The van der Waals surface area contributed by atoms with Crippen molar-refractivity contribution in [1.29, 1.82) is 0 Å². The number of furan rings is 1. The lowest BCUT2D eigenvalue weighted by Gasteiger charge is -2.14. The van der Waals surface area contributed by atoms with E-state index in [4.69, 9.17) is 19.4 Å². The lowest BCUT2D eigenvalue weighted by Crippen LogP contribution is -1.97. The number of hydrogen-bond donors (Lipinski definition) is 0. The van der Waals surface area contributed by atoms with Crippen molar-refractivity contribution in [2.24, 2.45) is 0 Å².